The van der Waals surface area contributed by atoms with Crippen LogP contribution in [0.5, 0.6) is 0 Å². The van der Waals surface area contributed by atoms with Gasteiger partial charge in [0.25, 0.3) is 6.20 Å². The largest absolute Gasteiger partial charge is 0.445 e. The van der Waals surface area contributed by atoms with E-state index >= 15 is 0 Å². The predicted octanol–water partition coefficient (Wildman–Crippen LogP) is 1.55. The molecule has 1 saturated heterocycles. The van der Waals surface area contributed by atoms with Crippen LogP contribution in [0.4, 0.5) is 10.7 Å². The minimum Gasteiger partial charge on any atom is -0.445 e. The maximum Gasteiger partial charge on any atom is 0.410 e. The molecule has 1 aromatic carbocycles. The summed E-state index contributed by atoms with van der Waals surface area (Å²) >= 11 is 0.945. The van der Waals surface area contributed by atoms with Gasteiger partial charge in [0.05, 0.1) is 22.6 Å². The first kappa shape index (κ1) is 22.6. The average molecular weight is 449 g/mol. The van der Waals surface area contributed by atoms with Crippen molar-refractivity contribution in [3.05, 3.63) is 42.1 Å². The van der Waals surface area contributed by atoms with E-state index in [2.05, 4.69) is 10.6 Å². The third-order valence-corrected chi connectivity index (χ3v) is 5.63. The number of ether oxygens (including phenoxy) is 1. The highest BCUT2D eigenvalue weighted by molar-refractivity contribution is 8.15. The van der Waals surface area contributed by atoms with E-state index in [-0.39, 0.29) is 29.6 Å². The van der Waals surface area contributed by atoms with Crippen LogP contribution >= 0.6 is 11.8 Å². The molecule has 166 valence electrons. The van der Waals surface area contributed by atoms with Gasteiger partial charge < -0.3 is 9.64 Å². The highest BCUT2D eigenvalue weighted by Crippen LogP contribution is 2.26. The molecule has 1 fully saturated rings. The minimum absolute atomic E-state index is 0.145. The first-order valence-electron chi connectivity index (χ1n) is 9.85. The molecule has 1 aliphatic heterocycles. The number of nitrogens with one attached hydrogen (secondary N) is 1. The van der Waals surface area contributed by atoms with E-state index < -0.39 is 4.75 Å². The fraction of sp³-hybridized carbons (Fsp3) is 0.450. The van der Waals surface area contributed by atoms with Crippen LogP contribution in [0, 0.1) is 0 Å². The zero-order valence-electron chi connectivity index (χ0n) is 17.7. The van der Waals surface area contributed by atoms with Gasteiger partial charge in [0, 0.05) is 20.0 Å². The van der Waals surface area contributed by atoms with Gasteiger partial charge in [-0.2, -0.15) is 0 Å². The molecule has 2 heterocycles. The lowest BCUT2D eigenvalue weighted by Gasteiger charge is -2.29. The third-order valence-electron chi connectivity index (χ3n) is 4.65. The van der Waals surface area contributed by atoms with Crippen molar-refractivity contribution in [2.24, 2.45) is 0 Å². The van der Waals surface area contributed by atoms with Crippen molar-refractivity contribution in [3.8, 4) is 0 Å². The van der Waals surface area contributed by atoms with Crippen LogP contribution in [0.25, 0.3) is 0 Å². The second-order valence-electron chi connectivity index (χ2n) is 7.53. The monoisotopic (exact) mass is 448 g/mol. The molecule has 3 rings (SSSR count). The van der Waals surface area contributed by atoms with Crippen LogP contribution in [-0.2, 0) is 20.9 Å². The zero-order chi connectivity index (χ0) is 22.4. The Kier molecular flexibility index (Phi) is 7.16. The Bertz CT molecular complexity index is 925. The van der Waals surface area contributed by atoms with Crippen LogP contribution < -0.4 is 15.1 Å². The number of thioether (sulfide) groups is 1. The quantitative estimate of drug-likeness (QED) is 0.663. The number of carbonyl (C=O) groups is 3. The molecule has 0 spiro atoms. The fourth-order valence-electron chi connectivity index (χ4n) is 2.99. The highest BCUT2D eigenvalue weighted by atomic mass is 32.2. The van der Waals surface area contributed by atoms with Crippen molar-refractivity contribution < 1.29 is 28.4 Å². The summed E-state index contributed by atoms with van der Waals surface area (Å²) in [5.74, 6) is -0.186. The van der Waals surface area contributed by atoms with Gasteiger partial charge in [0.2, 0.25) is 11.2 Å². The predicted molar refractivity (Wildman–Crippen MR) is 114 cm³/mol. The molecule has 0 aliphatic carbocycles. The van der Waals surface area contributed by atoms with Gasteiger partial charge in [-0.15, -0.1) is 5.01 Å². The second-order valence-corrected chi connectivity index (χ2v) is 9.33. The van der Waals surface area contributed by atoms with E-state index in [0.29, 0.717) is 26.2 Å². The van der Waals surface area contributed by atoms with Crippen LogP contribution in [0.3, 0.4) is 0 Å². The maximum atomic E-state index is 12.4. The molecule has 0 atom stereocenters. The Hall–Kier alpha value is -3.08. The van der Waals surface area contributed by atoms with Gasteiger partial charge in [0.15, 0.2) is 5.12 Å². The molecule has 0 radical (unpaired) electrons. The Labute approximate surface area is 184 Å². The molecule has 0 bridgehead atoms. The molecule has 1 aliphatic rings. The first-order valence-corrected chi connectivity index (χ1v) is 10.7. The summed E-state index contributed by atoms with van der Waals surface area (Å²) < 4.78 is 9.62. The molecule has 1 N–H and O–H groups in total. The van der Waals surface area contributed by atoms with E-state index in [1.54, 1.807) is 24.9 Å². The number of aromatic nitrogens is 2. The molecule has 11 heteroatoms. The molecular weight excluding hydrogens is 422 g/mol. The molecule has 0 saturated carbocycles. The standard InChI is InChI=1S/C20H25N5O5S/c1-15(26)31-20(2,3)18(27)21-17-13-25(22-30-17)24-11-9-23(10-12-24)19(28)29-14-16-7-5-4-6-8-16/h4-8,13H,9-12,14H2,1-3H3/p+1. The number of hydrogen-bond acceptors (Lipinski definition) is 8. The zero-order valence-corrected chi connectivity index (χ0v) is 18.6. The Morgan fingerprint density at radius 1 is 1.19 bits per heavy atom. The normalized spacial score (nSPS) is 14.3. The van der Waals surface area contributed by atoms with Gasteiger partial charge in [-0.25, -0.2) is 4.79 Å². The Morgan fingerprint density at radius 2 is 1.87 bits per heavy atom. The van der Waals surface area contributed by atoms with Crippen molar-refractivity contribution in [3.63, 3.8) is 0 Å². The van der Waals surface area contributed by atoms with Crippen molar-refractivity contribution in [2.75, 3.05) is 36.5 Å². The number of amides is 2. The summed E-state index contributed by atoms with van der Waals surface area (Å²) in [6.07, 6.45) is 1.20. The minimum atomic E-state index is -0.935. The third kappa shape index (κ3) is 6.20. The molecule has 1 aromatic heterocycles. The summed E-state index contributed by atoms with van der Waals surface area (Å²) in [5.41, 5.74) is 0.937. The topological polar surface area (TPSA) is 109 Å². The number of rotatable bonds is 6. The molecule has 31 heavy (non-hydrogen) atoms. The van der Waals surface area contributed by atoms with Crippen molar-refractivity contribution in [2.45, 2.75) is 32.1 Å². The van der Waals surface area contributed by atoms with E-state index in [4.69, 9.17) is 9.26 Å². The van der Waals surface area contributed by atoms with E-state index in [0.717, 1.165) is 17.3 Å². The van der Waals surface area contributed by atoms with Gasteiger partial charge in [-0.1, -0.05) is 42.1 Å². The SMILES string of the molecule is CC(=O)SC(C)(C)C(=O)Nc1c[n+](N2CCN(C(=O)OCc3ccccc3)CC2)no1. The number of piperazine rings is 1. The lowest BCUT2D eigenvalue weighted by Crippen LogP contribution is -2.65. The first-order chi connectivity index (χ1) is 14.7. The van der Waals surface area contributed by atoms with Crippen molar-refractivity contribution >= 4 is 34.8 Å². The summed E-state index contributed by atoms with van der Waals surface area (Å²) in [5, 5.41) is 8.30. The Morgan fingerprint density at radius 3 is 2.52 bits per heavy atom. The van der Waals surface area contributed by atoms with E-state index in [1.165, 1.54) is 11.7 Å². The van der Waals surface area contributed by atoms with Gasteiger partial charge in [-0.05, 0) is 19.4 Å². The van der Waals surface area contributed by atoms with Crippen molar-refractivity contribution in [1.82, 2.24) is 10.2 Å². The number of nitrogens with zero attached hydrogens (tertiary/aromatic N) is 4. The molecule has 0 unspecified atom stereocenters. The number of benzene rings is 1. The van der Waals surface area contributed by atoms with Crippen LogP contribution in [0.2, 0.25) is 0 Å². The average Bonchev–Trinajstić information content (AvgIpc) is 3.20. The summed E-state index contributed by atoms with van der Waals surface area (Å²) in [6, 6.07) is 9.52. The summed E-state index contributed by atoms with van der Waals surface area (Å²) in [7, 11) is 0. The smallest absolute Gasteiger partial charge is 0.410 e. The lowest BCUT2D eigenvalue weighted by atomic mass is 10.2. The Balaban J connectivity index is 1.48. The highest BCUT2D eigenvalue weighted by Gasteiger charge is 2.33. The van der Waals surface area contributed by atoms with E-state index in [1.807, 2.05) is 35.3 Å². The van der Waals surface area contributed by atoms with Gasteiger partial charge in [-0.3, -0.25) is 19.4 Å². The summed E-state index contributed by atoms with van der Waals surface area (Å²) in [4.78, 5) is 39.1. The maximum absolute atomic E-state index is 12.4. The van der Waals surface area contributed by atoms with Crippen LogP contribution in [-0.4, -0.2) is 58.2 Å². The number of anilines is 1. The van der Waals surface area contributed by atoms with Crippen molar-refractivity contribution in [1.29, 1.82) is 0 Å². The molecule has 2 aromatic rings. The van der Waals surface area contributed by atoms with Crippen LogP contribution in [0.1, 0.15) is 26.3 Å². The molecule has 10 nitrogen and oxygen atoms in total. The number of carbonyl (C=O) groups excluding carboxylic acids is 3. The fourth-order valence-corrected chi connectivity index (χ4v) is 3.85. The molecule has 2 amide bonds. The van der Waals surface area contributed by atoms with Gasteiger partial charge >= 0.3 is 12.0 Å². The lowest BCUT2D eigenvalue weighted by molar-refractivity contribution is -0.759. The van der Waals surface area contributed by atoms with Crippen LogP contribution in [0.15, 0.2) is 41.1 Å². The second kappa shape index (κ2) is 9.82. The number of hydrogen-bond donors (Lipinski definition) is 1. The van der Waals surface area contributed by atoms with E-state index in [9.17, 15) is 14.4 Å². The summed E-state index contributed by atoms with van der Waals surface area (Å²) in [6.45, 7) is 6.96. The molecular formula is C20H26N5O5S+. The van der Waals surface area contributed by atoms with Gasteiger partial charge in [0.1, 0.15) is 6.61 Å².